The monoisotopic (exact) mass is 250 g/mol. The number of benzene rings is 1. The van der Waals surface area contributed by atoms with Crippen LogP contribution in [0.4, 0.5) is 0 Å². The summed E-state index contributed by atoms with van der Waals surface area (Å²) in [6, 6.07) is 8.10. The van der Waals surface area contributed by atoms with Crippen molar-refractivity contribution in [1.29, 1.82) is 0 Å². The molecule has 0 spiro atoms. The predicted molar refractivity (Wildman–Crippen MR) is 72.9 cm³/mol. The molecule has 0 unspecified atom stereocenters. The summed E-state index contributed by atoms with van der Waals surface area (Å²) in [6.45, 7) is 1.58. The highest BCUT2D eigenvalue weighted by molar-refractivity contribution is 8.13. The third-order valence-corrected chi connectivity index (χ3v) is 3.47. The van der Waals surface area contributed by atoms with Crippen LogP contribution in [0.3, 0.4) is 0 Å². The van der Waals surface area contributed by atoms with E-state index in [4.69, 9.17) is 0 Å². The zero-order chi connectivity index (χ0) is 11.8. The second kappa shape index (κ2) is 7.43. The van der Waals surface area contributed by atoms with Crippen molar-refractivity contribution < 1.29 is 4.79 Å². The first-order chi connectivity index (χ1) is 7.74. The number of rotatable bonds is 3. The van der Waals surface area contributed by atoms with Crippen LogP contribution in [0.5, 0.6) is 0 Å². The average Bonchev–Trinajstić information content (AvgIpc) is 2.29. The maximum atomic E-state index is 10.7. The van der Waals surface area contributed by atoms with Gasteiger partial charge in [0.15, 0.2) is 5.12 Å². The minimum atomic E-state index is 0.159. The molecule has 3 heteroatoms. The van der Waals surface area contributed by atoms with Crippen molar-refractivity contribution in [2.45, 2.75) is 18.2 Å². The minimum Gasteiger partial charge on any atom is -0.288 e. The fraction of sp³-hybridized carbons (Fsp3) is 0.308. The lowest BCUT2D eigenvalue weighted by Crippen LogP contribution is -1.84. The van der Waals surface area contributed by atoms with Gasteiger partial charge in [0.2, 0.25) is 0 Å². The second-order valence-electron chi connectivity index (χ2n) is 3.09. The summed E-state index contributed by atoms with van der Waals surface area (Å²) in [5.41, 5.74) is 1.07. The third kappa shape index (κ3) is 4.78. The molecule has 0 bridgehead atoms. The molecule has 1 aromatic rings. The Kier molecular flexibility index (Phi) is 6.14. The van der Waals surface area contributed by atoms with Crippen molar-refractivity contribution in [3.63, 3.8) is 0 Å². The van der Waals surface area contributed by atoms with Crippen LogP contribution >= 0.6 is 23.5 Å². The number of hydrogen-bond acceptors (Lipinski definition) is 3. The molecule has 1 aromatic carbocycles. The summed E-state index contributed by atoms with van der Waals surface area (Å²) < 4.78 is 0. The van der Waals surface area contributed by atoms with Gasteiger partial charge < -0.3 is 0 Å². The van der Waals surface area contributed by atoms with Gasteiger partial charge in [-0.05, 0) is 18.4 Å². The highest BCUT2D eigenvalue weighted by Crippen LogP contribution is 2.18. The van der Waals surface area contributed by atoms with E-state index in [1.54, 1.807) is 18.7 Å². The molecule has 0 aliphatic rings. The Bertz CT molecular complexity index is 415. The van der Waals surface area contributed by atoms with E-state index in [1.165, 1.54) is 16.7 Å². The Hall–Kier alpha value is -0.850. The first-order valence-electron chi connectivity index (χ1n) is 4.99. The van der Waals surface area contributed by atoms with E-state index in [0.717, 1.165) is 17.7 Å². The van der Waals surface area contributed by atoms with E-state index < -0.39 is 0 Å². The van der Waals surface area contributed by atoms with E-state index >= 15 is 0 Å². The van der Waals surface area contributed by atoms with E-state index in [1.807, 2.05) is 24.5 Å². The number of carbonyl (C=O) groups excluding carboxylic acids is 1. The molecule has 16 heavy (non-hydrogen) atoms. The molecular weight excluding hydrogens is 236 g/mol. The zero-order valence-corrected chi connectivity index (χ0v) is 11.1. The first-order valence-corrected chi connectivity index (χ1v) is 7.20. The molecule has 0 aliphatic heterocycles. The van der Waals surface area contributed by atoms with Crippen LogP contribution in [0.1, 0.15) is 18.9 Å². The lowest BCUT2D eigenvalue weighted by atomic mass is 10.2. The largest absolute Gasteiger partial charge is 0.288 e. The smallest absolute Gasteiger partial charge is 0.185 e. The second-order valence-corrected chi connectivity index (χ2v) is 5.21. The minimum absolute atomic E-state index is 0.159. The van der Waals surface area contributed by atoms with Crippen LogP contribution in [0.2, 0.25) is 0 Å². The van der Waals surface area contributed by atoms with Crippen LogP contribution in [0, 0.1) is 11.8 Å². The summed E-state index contributed by atoms with van der Waals surface area (Å²) >= 11 is 3.03. The van der Waals surface area contributed by atoms with Crippen LogP contribution in [0.25, 0.3) is 0 Å². The van der Waals surface area contributed by atoms with Gasteiger partial charge in [0.05, 0.1) is 0 Å². The summed E-state index contributed by atoms with van der Waals surface area (Å²) in [6.07, 6.45) is 2.80. The van der Waals surface area contributed by atoms with E-state index in [-0.39, 0.29) is 5.12 Å². The Morgan fingerprint density at radius 3 is 2.81 bits per heavy atom. The molecular formula is C13H14OS2. The highest BCUT2D eigenvalue weighted by atomic mass is 32.2. The number of carbonyl (C=O) groups is 1. The van der Waals surface area contributed by atoms with Crippen LogP contribution in [-0.4, -0.2) is 17.1 Å². The van der Waals surface area contributed by atoms with E-state index in [9.17, 15) is 4.79 Å². The molecule has 0 aromatic heterocycles. The molecule has 0 fully saturated rings. The molecule has 0 heterocycles. The summed E-state index contributed by atoms with van der Waals surface area (Å²) in [5.74, 6) is 7.02. The van der Waals surface area contributed by atoms with Gasteiger partial charge >= 0.3 is 0 Å². The average molecular weight is 250 g/mol. The molecule has 0 saturated carbocycles. The van der Waals surface area contributed by atoms with Crippen LogP contribution in [0.15, 0.2) is 29.2 Å². The summed E-state index contributed by atoms with van der Waals surface area (Å²) in [4.78, 5) is 11.9. The molecule has 84 valence electrons. The van der Waals surface area contributed by atoms with Gasteiger partial charge in [-0.3, -0.25) is 4.79 Å². The Morgan fingerprint density at radius 2 is 2.12 bits per heavy atom. The van der Waals surface area contributed by atoms with Gasteiger partial charge in [0.25, 0.3) is 0 Å². The lowest BCUT2D eigenvalue weighted by molar-refractivity contribution is -0.109. The molecule has 0 aliphatic carbocycles. The molecule has 1 nitrogen and oxygen atoms in total. The Labute approximate surface area is 105 Å². The molecule has 1 rings (SSSR count). The maximum Gasteiger partial charge on any atom is 0.185 e. The van der Waals surface area contributed by atoms with Crippen molar-refractivity contribution in [3.8, 4) is 11.8 Å². The summed E-state index contributed by atoms with van der Waals surface area (Å²) in [5, 5.41) is 0.159. The fourth-order valence-electron chi connectivity index (χ4n) is 1.15. The first kappa shape index (κ1) is 13.2. The van der Waals surface area contributed by atoms with Crippen LogP contribution in [-0.2, 0) is 4.79 Å². The number of hydrogen-bond donors (Lipinski definition) is 0. The van der Waals surface area contributed by atoms with E-state index in [0.29, 0.717) is 0 Å². The third-order valence-electron chi connectivity index (χ3n) is 1.86. The topological polar surface area (TPSA) is 17.1 Å². The van der Waals surface area contributed by atoms with Gasteiger partial charge in [-0.15, -0.1) is 11.8 Å². The Balaban J connectivity index is 2.52. The molecule has 0 radical (unpaired) electrons. The van der Waals surface area contributed by atoms with Crippen molar-refractivity contribution in [1.82, 2.24) is 0 Å². The van der Waals surface area contributed by atoms with Gasteiger partial charge in [-0.25, -0.2) is 0 Å². The SMILES string of the molecule is CSc1ccccc1C#CCCSC(C)=O. The highest BCUT2D eigenvalue weighted by Gasteiger charge is 1.95. The predicted octanol–water partition coefficient (Wildman–Crippen LogP) is 3.43. The lowest BCUT2D eigenvalue weighted by Gasteiger charge is -1.98. The van der Waals surface area contributed by atoms with Crippen molar-refractivity contribution in [2.24, 2.45) is 0 Å². The van der Waals surface area contributed by atoms with E-state index in [2.05, 4.69) is 17.9 Å². The molecule has 0 atom stereocenters. The Morgan fingerprint density at radius 1 is 1.38 bits per heavy atom. The summed E-state index contributed by atoms with van der Waals surface area (Å²) in [7, 11) is 0. The van der Waals surface area contributed by atoms with Gasteiger partial charge in [0.1, 0.15) is 0 Å². The van der Waals surface area contributed by atoms with Crippen molar-refractivity contribution >= 4 is 28.6 Å². The molecule has 0 N–H and O–H groups in total. The fourth-order valence-corrected chi connectivity index (χ4v) is 2.20. The van der Waals surface area contributed by atoms with Crippen molar-refractivity contribution in [3.05, 3.63) is 29.8 Å². The van der Waals surface area contributed by atoms with Gasteiger partial charge in [0, 0.05) is 29.6 Å². The van der Waals surface area contributed by atoms with Crippen molar-refractivity contribution in [2.75, 3.05) is 12.0 Å². The van der Waals surface area contributed by atoms with Gasteiger partial charge in [-0.1, -0.05) is 35.7 Å². The maximum absolute atomic E-state index is 10.7. The van der Waals surface area contributed by atoms with Crippen LogP contribution < -0.4 is 0 Å². The standard InChI is InChI=1S/C13H14OS2/c1-11(14)16-10-6-5-8-12-7-3-4-9-13(12)15-2/h3-4,7,9H,6,10H2,1-2H3. The normalized spacial score (nSPS) is 9.38. The molecule has 0 saturated heterocycles. The zero-order valence-electron chi connectivity index (χ0n) is 9.45. The number of thioether (sulfide) groups is 2. The van der Waals surface area contributed by atoms with Gasteiger partial charge in [-0.2, -0.15) is 0 Å². The molecule has 0 amide bonds. The quantitative estimate of drug-likeness (QED) is 0.465.